The van der Waals surface area contributed by atoms with E-state index in [1.54, 1.807) is 6.20 Å². The quantitative estimate of drug-likeness (QED) is 0.874. The summed E-state index contributed by atoms with van der Waals surface area (Å²) in [5.41, 5.74) is 0.938. The average molecular weight is 317 g/mol. The molecule has 0 radical (unpaired) electrons. The van der Waals surface area contributed by atoms with Gasteiger partial charge in [-0.15, -0.1) is 0 Å². The van der Waals surface area contributed by atoms with Gasteiger partial charge in [-0.3, -0.25) is 9.78 Å². The fraction of sp³-hybridized carbons (Fsp3) is 0.667. The first-order chi connectivity index (χ1) is 11.2. The van der Waals surface area contributed by atoms with E-state index >= 15 is 0 Å². The molecule has 2 N–H and O–H groups in total. The van der Waals surface area contributed by atoms with Crippen molar-refractivity contribution in [1.82, 2.24) is 15.6 Å². The molecule has 1 unspecified atom stereocenters. The molecule has 1 aromatic rings. The third-order valence-electron chi connectivity index (χ3n) is 4.93. The van der Waals surface area contributed by atoms with E-state index in [1.807, 2.05) is 19.1 Å². The van der Waals surface area contributed by atoms with Crippen molar-refractivity contribution in [2.45, 2.75) is 57.6 Å². The molecule has 1 aliphatic heterocycles. The van der Waals surface area contributed by atoms with Crippen LogP contribution in [0.1, 0.15) is 44.2 Å². The summed E-state index contributed by atoms with van der Waals surface area (Å²) in [4.78, 5) is 16.4. The maximum atomic E-state index is 12.1. The third kappa shape index (κ3) is 4.67. The molecule has 1 aliphatic carbocycles. The lowest BCUT2D eigenvalue weighted by atomic mass is 9.92. The molecule has 2 fully saturated rings. The van der Waals surface area contributed by atoms with Crippen molar-refractivity contribution in [3.63, 3.8) is 0 Å². The lowest BCUT2D eigenvalue weighted by molar-refractivity contribution is -0.122. The molecule has 0 aromatic carbocycles. The van der Waals surface area contributed by atoms with Crippen molar-refractivity contribution in [3.05, 3.63) is 24.0 Å². The molecule has 1 atom stereocenters. The minimum absolute atomic E-state index is 0.214. The number of nitrogens with one attached hydrogen (secondary N) is 2. The van der Waals surface area contributed by atoms with Crippen LogP contribution >= 0.6 is 0 Å². The SMILES string of the molecule is Cc1ncccc1OC1CCC(NC(=O)CC2CCNC2)CC1. The number of nitrogens with zero attached hydrogens (tertiary/aromatic N) is 1. The molecule has 1 saturated carbocycles. The van der Waals surface area contributed by atoms with E-state index in [0.29, 0.717) is 18.4 Å². The number of amides is 1. The van der Waals surface area contributed by atoms with Crippen LogP contribution in [0.2, 0.25) is 0 Å². The monoisotopic (exact) mass is 317 g/mol. The molecule has 1 saturated heterocycles. The van der Waals surface area contributed by atoms with Gasteiger partial charge < -0.3 is 15.4 Å². The second-order valence-electron chi connectivity index (χ2n) is 6.81. The van der Waals surface area contributed by atoms with Gasteiger partial charge >= 0.3 is 0 Å². The van der Waals surface area contributed by atoms with Gasteiger partial charge in [-0.05, 0) is 70.2 Å². The van der Waals surface area contributed by atoms with E-state index in [2.05, 4.69) is 15.6 Å². The van der Waals surface area contributed by atoms with Gasteiger partial charge in [0.05, 0.1) is 11.8 Å². The normalized spacial score (nSPS) is 27.6. The van der Waals surface area contributed by atoms with Gasteiger partial charge in [-0.25, -0.2) is 0 Å². The highest BCUT2D eigenvalue weighted by atomic mass is 16.5. The number of ether oxygens (including phenoxy) is 1. The summed E-state index contributed by atoms with van der Waals surface area (Å²) < 4.78 is 6.06. The van der Waals surface area contributed by atoms with Crippen molar-refractivity contribution < 1.29 is 9.53 Å². The van der Waals surface area contributed by atoms with Crippen LogP contribution in [-0.4, -0.2) is 36.1 Å². The fourth-order valence-electron chi connectivity index (χ4n) is 3.54. The van der Waals surface area contributed by atoms with E-state index in [0.717, 1.165) is 56.6 Å². The van der Waals surface area contributed by atoms with Crippen molar-refractivity contribution in [2.24, 2.45) is 5.92 Å². The molecule has 5 nitrogen and oxygen atoms in total. The minimum Gasteiger partial charge on any atom is -0.489 e. The molecule has 5 heteroatoms. The van der Waals surface area contributed by atoms with Crippen LogP contribution < -0.4 is 15.4 Å². The number of aromatic nitrogens is 1. The summed E-state index contributed by atoms with van der Waals surface area (Å²) in [6.07, 6.45) is 7.79. The van der Waals surface area contributed by atoms with Crippen LogP contribution in [0.15, 0.2) is 18.3 Å². The molecule has 0 bridgehead atoms. The van der Waals surface area contributed by atoms with Gasteiger partial charge in [0.2, 0.25) is 5.91 Å². The Hall–Kier alpha value is -1.62. The van der Waals surface area contributed by atoms with Crippen LogP contribution in [0, 0.1) is 12.8 Å². The molecule has 3 rings (SSSR count). The van der Waals surface area contributed by atoms with E-state index < -0.39 is 0 Å². The second-order valence-corrected chi connectivity index (χ2v) is 6.81. The topological polar surface area (TPSA) is 63.2 Å². The first-order valence-corrected chi connectivity index (χ1v) is 8.79. The molecule has 2 heterocycles. The average Bonchev–Trinajstić information content (AvgIpc) is 3.04. The number of carbonyl (C=O) groups excluding carboxylic acids is 1. The first-order valence-electron chi connectivity index (χ1n) is 8.79. The van der Waals surface area contributed by atoms with Crippen molar-refractivity contribution >= 4 is 5.91 Å². The number of pyridine rings is 1. The Kier molecular flexibility index (Phi) is 5.49. The van der Waals surface area contributed by atoms with Gasteiger partial charge in [0.1, 0.15) is 5.75 Å². The summed E-state index contributed by atoms with van der Waals surface area (Å²) in [5, 5.41) is 6.52. The van der Waals surface area contributed by atoms with Crippen LogP contribution in [0.25, 0.3) is 0 Å². The summed E-state index contributed by atoms with van der Waals surface area (Å²) in [6.45, 7) is 4.01. The summed E-state index contributed by atoms with van der Waals surface area (Å²) >= 11 is 0. The van der Waals surface area contributed by atoms with Gasteiger partial charge in [-0.1, -0.05) is 0 Å². The number of hydrogen-bond acceptors (Lipinski definition) is 4. The molecular formula is C18H27N3O2. The molecular weight excluding hydrogens is 290 g/mol. The number of hydrogen-bond donors (Lipinski definition) is 2. The van der Waals surface area contributed by atoms with Gasteiger partial charge in [0, 0.05) is 18.7 Å². The second kappa shape index (κ2) is 7.77. The lowest BCUT2D eigenvalue weighted by Gasteiger charge is -2.30. The Morgan fingerprint density at radius 3 is 2.87 bits per heavy atom. The minimum atomic E-state index is 0.214. The molecule has 0 spiro atoms. The predicted molar refractivity (Wildman–Crippen MR) is 89.4 cm³/mol. The predicted octanol–water partition coefficient (Wildman–Crippen LogP) is 2.20. The maximum Gasteiger partial charge on any atom is 0.220 e. The molecule has 1 aromatic heterocycles. The first kappa shape index (κ1) is 16.2. The van der Waals surface area contributed by atoms with Crippen LogP contribution in [0.4, 0.5) is 0 Å². The zero-order valence-corrected chi connectivity index (χ0v) is 13.9. The summed E-state index contributed by atoms with van der Waals surface area (Å²) in [7, 11) is 0. The Morgan fingerprint density at radius 2 is 2.17 bits per heavy atom. The molecule has 2 aliphatic rings. The third-order valence-corrected chi connectivity index (χ3v) is 4.93. The summed E-state index contributed by atoms with van der Waals surface area (Å²) in [5.74, 6) is 1.61. The Balaban J connectivity index is 1.40. The van der Waals surface area contributed by atoms with Gasteiger partial charge in [0.15, 0.2) is 0 Å². The number of carbonyl (C=O) groups is 1. The molecule has 126 valence electrons. The molecule has 1 amide bonds. The highest BCUT2D eigenvalue weighted by Crippen LogP contribution is 2.25. The van der Waals surface area contributed by atoms with E-state index in [4.69, 9.17) is 4.74 Å². The van der Waals surface area contributed by atoms with E-state index in [-0.39, 0.29) is 12.0 Å². The fourth-order valence-corrected chi connectivity index (χ4v) is 3.54. The smallest absolute Gasteiger partial charge is 0.220 e. The zero-order valence-electron chi connectivity index (χ0n) is 13.9. The van der Waals surface area contributed by atoms with Gasteiger partial charge in [0.25, 0.3) is 0 Å². The highest BCUT2D eigenvalue weighted by Gasteiger charge is 2.25. The van der Waals surface area contributed by atoms with Crippen LogP contribution in [-0.2, 0) is 4.79 Å². The number of rotatable bonds is 5. The Bertz CT molecular complexity index is 521. The van der Waals surface area contributed by atoms with Crippen molar-refractivity contribution in [3.8, 4) is 5.75 Å². The summed E-state index contributed by atoms with van der Waals surface area (Å²) in [6, 6.07) is 4.20. The highest BCUT2D eigenvalue weighted by molar-refractivity contribution is 5.76. The van der Waals surface area contributed by atoms with Crippen LogP contribution in [0.5, 0.6) is 5.75 Å². The van der Waals surface area contributed by atoms with E-state index in [9.17, 15) is 4.79 Å². The maximum absolute atomic E-state index is 12.1. The number of aryl methyl sites for hydroxylation is 1. The zero-order chi connectivity index (χ0) is 16.1. The Morgan fingerprint density at radius 1 is 1.35 bits per heavy atom. The van der Waals surface area contributed by atoms with Crippen LogP contribution in [0.3, 0.4) is 0 Å². The molecule has 23 heavy (non-hydrogen) atoms. The standard InChI is InChI=1S/C18H27N3O2/c1-13-17(3-2-9-20-13)23-16-6-4-15(5-7-16)21-18(22)11-14-8-10-19-12-14/h2-3,9,14-16,19H,4-8,10-12H2,1H3,(H,21,22). The van der Waals surface area contributed by atoms with E-state index in [1.165, 1.54) is 0 Å². The lowest BCUT2D eigenvalue weighted by Crippen LogP contribution is -2.40. The van der Waals surface area contributed by atoms with Crippen molar-refractivity contribution in [1.29, 1.82) is 0 Å². The van der Waals surface area contributed by atoms with Crippen molar-refractivity contribution in [2.75, 3.05) is 13.1 Å². The Labute approximate surface area is 138 Å². The van der Waals surface area contributed by atoms with Gasteiger partial charge in [-0.2, -0.15) is 0 Å². The largest absolute Gasteiger partial charge is 0.489 e.